The number of rotatable bonds is 5. The largest absolute Gasteiger partial charge is 0.464 e. The van der Waals surface area contributed by atoms with Crippen molar-refractivity contribution < 1.29 is 9.53 Å². The smallest absolute Gasteiger partial charge is 0.356 e. The van der Waals surface area contributed by atoms with E-state index >= 15 is 0 Å². The van der Waals surface area contributed by atoms with Gasteiger partial charge in [-0.2, -0.15) is 10.4 Å². The van der Waals surface area contributed by atoms with Crippen molar-refractivity contribution in [2.45, 2.75) is 0 Å². The zero-order valence-electron chi connectivity index (χ0n) is 10.3. The lowest BCUT2D eigenvalue weighted by Crippen LogP contribution is -2.15. The minimum Gasteiger partial charge on any atom is -0.464 e. The van der Waals surface area contributed by atoms with E-state index in [1.54, 1.807) is 24.3 Å². The maximum Gasteiger partial charge on any atom is 0.356 e. The van der Waals surface area contributed by atoms with Crippen molar-refractivity contribution in [1.82, 2.24) is 5.43 Å². The highest BCUT2D eigenvalue weighted by atomic mass is 16.5. The fraction of sp³-hybridized carbons (Fsp3) is 0.0769. The van der Waals surface area contributed by atoms with Gasteiger partial charge in [0.25, 0.3) is 0 Å². The lowest BCUT2D eigenvalue weighted by molar-refractivity contribution is -0.132. The number of hydrogen-bond donors (Lipinski definition) is 2. The molecule has 0 aliphatic heterocycles. The van der Waals surface area contributed by atoms with Crippen molar-refractivity contribution in [2.24, 2.45) is 5.10 Å². The average molecular weight is 256 g/mol. The third-order valence-corrected chi connectivity index (χ3v) is 2.22. The topological polar surface area (TPSA) is 98.3 Å². The van der Waals surface area contributed by atoms with Crippen molar-refractivity contribution in [3.8, 4) is 6.07 Å². The molecule has 0 radical (unpaired) electrons. The lowest BCUT2D eigenvalue weighted by atomic mass is 10.1. The average Bonchev–Trinajstić information content (AvgIpc) is 2.45. The summed E-state index contributed by atoms with van der Waals surface area (Å²) in [5.74, 6) is -0.753. The van der Waals surface area contributed by atoms with E-state index in [1.807, 2.05) is 6.07 Å². The molecule has 0 heterocycles. The Balaban J connectivity index is 3.09. The van der Waals surface area contributed by atoms with Crippen LogP contribution in [0.2, 0.25) is 0 Å². The molecule has 0 saturated heterocycles. The van der Waals surface area contributed by atoms with E-state index in [2.05, 4.69) is 22.0 Å². The molecule has 0 spiro atoms. The van der Waals surface area contributed by atoms with Gasteiger partial charge >= 0.3 is 5.97 Å². The van der Waals surface area contributed by atoms with E-state index < -0.39 is 5.97 Å². The predicted octanol–water partition coefficient (Wildman–Crippen LogP) is 1.30. The van der Waals surface area contributed by atoms with E-state index in [0.29, 0.717) is 16.8 Å². The van der Waals surface area contributed by atoms with Crippen LogP contribution in [0.4, 0.5) is 0 Å². The van der Waals surface area contributed by atoms with Crippen LogP contribution in [-0.4, -0.2) is 25.5 Å². The Morgan fingerprint density at radius 2 is 2.16 bits per heavy atom. The van der Waals surface area contributed by atoms with Crippen molar-refractivity contribution in [1.29, 1.82) is 10.7 Å². The normalized spacial score (nSPS) is 10.2. The van der Waals surface area contributed by atoms with Crippen LogP contribution in [0.1, 0.15) is 11.1 Å². The third-order valence-electron chi connectivity index (χ3n) is 2.22. The molecule has 1 aromatic rings. The highest BCUT2D eigenvalue weighted by Crippen LogP contribution is 2.13. The van der Waals surface area contributed by atoms with Gasteiger partial charge in [0.15, 0.2) is 0 Å². The molecule has 96 valence electrons. The first kappa shape index (κ1) is 14.1. The Hall–Kier alpha value is -2.94. The van der Waals surface area contributed by atoms with Crippen LogP contribution in [0.25, 0.3) is 5.70 Å². The quantitative estimate of drug-likeness (QED) is 0.471. The maximum absolute atomic E-state index is 11.2. The molecule has 6 nitrogen and oxygen atoms in total. The zero-order chi connectivity index (χ0) is 14.3. The van der Waals surface area contributed by atoms with Crippen LogP contribution in [0, 0.1) is 16.7 Å². The summed E-state index contributed by atoms with van der Waals surface area (Å²) in [5, 5.41) is 19.8. The molecule has 0 aromatic heterocycles. The first-order valence-electron chi connectivity index (χ1n) is 5.23. The van der Waals surface area contributed by atoms with E-state index in [4.69, 9.17) is 10.7 Å². The standard InChI is InChI=1S/C13H12N4O2/c1-16-17-12(7-11(15)13(18)19-2)10-5-3-9(8-14)4-6-10/h3-7,15,17H,1H2,2H3/b12-7-,15-11?. The third kappa shape index (κ3) is 3.78. The number of hydrogen-bond acceptors (Lipinski definition) is 6. The monoisotopic (exact) mass is 256 g/mol. The Bertz CT molecular complexity index is 567. The Morgan fingerprint density at radius 3 is 2.63 bits per heavy atom. The van der Waals surface area contributed by atoms with Crippen molar-refractivity contribution in [3.63, 3.8) is 0 Å². The number of benzene rings is 1. The summed E-state index contributed by atoms with van der Waals surface area (Å²) in [6.45, 7) is 3.29. The van der Waals surface area contributed by atoms with Gasteiger partial charge in [0.1, 0.15) is 5.71 Å². The van der Waals surface area contributed by atoms with E-state index in [9.17, 15) is 4.79 Å². The summed E-state index contributed by atoms with van der Waals surface area (Å²) in [7, 11) is 1.20. The van der Waals surface area contributed by atoms with Crippen LogP contribution < -0.4 is 5.43 Å². The predicted molar refractivity (Wildman–Crippen MR) is 71.6 cm³/mol. The van der Waals surface area contributed by atoms with Crippen LogP contribution in [0.3, 0.4) is 0 Å². The number of nitriles is 1. The molecule has 0 atom stereocenters. The highest BCUT2D eigenvalue weighted by molar-refractivity contribution is 6.40. The first-order chi connectivity index (χ1) is 9.12. The molecule has 0 amide bonds. The van der Waals surface area contributed by atoms with Crippen LogP contribution in [0.15, 0.2) is 35.4 Å². The summed E-state index contributed by atoms with van der Waals surface area (Å²) < 4.78 is 4.44. The van der Waals surface area contributed by atoms with Gasteiger partial charge in [-0.1, -0.05) is 12.1 Å². The van der Waals surface area contributed by atoms with E-state index in [0.717, 1.165) is 0 Å². The number of carbonyl (C=O) groups excluding carboxylic acids is 1. The number of nitrogens with zero attached hydrogens (tertiary/aromatic N) is 2. The summed E-state index contributed by atoms with van der Waals surface area (Å²) in [6, 6.07) is 8.59. The molecule has 2 N–H and O–H groups in total. The van der Waals surface area contributed by atoms with Gasteiger partial charge in [-0.15, -0.1) is 0 Å². The van der Waals surface area contributed by atoms with Crippen molar-refractivity contribution >= 4 is 24.1 Å². The maximum atomic E-state index is 11.2. The summed E-state index contributed by atoms with van der Waals surface area (Å²) in [5.41, 5.74) is 3.86. The summed E-state index contributed by atoms with van der Waals surface area (Å²) in [6.07, 6.45) is 1.28. The minimum absolute atomic E-state index is 0.321. The fourth-order valence-corrected chi connectivity index (χ4v) is 1.30. The number of ether oxygens (including phenoxy) is 1. The molecule has 1 aromatic carbocycles. The number of esters is 1. The SMILES string of the molecule is C=NN/C(=C\C(=N)C(=O)OC)c1ccc(C#N)cc1. The number of carbonyl (C=O) groups is 1. The van der Waals surface area contributed by atoms with Gasteiger partial charge in [0.2, 0.25) is 0 Å². The van der Waals surface area contributed by atoms with Gasteiger partial charge in [-0.3, -0.25) is 10.8 Å². The van der Waals surface area contributed by atoms with Crippen molar-refractivity contribution in [2.75, 3.05) is 7.11 Å². The number of nitrogens with one attached hydrogen (secondary N) is 2. The molecule has 0 bridgehead atoms. The number of hydrazone groups is 1. The Kier molecular flexibility index (Phi) is 4.99. The van der Waals surface area contributed by atoms with Gasteiger partial charge in [0, 0.05) is 6.72 Å². The molecule has 0 unspecified atom stereocenters. The molecule has 0 aliphatic carbocycles. The molecule has 6 heteroatoms. The number of methoxy groups -OCH3 is 1. The molecule has 0 aliphatic rings. The molecular weight excluding hydrogens is 244 g/mol. The Labute approximate surface area is 110 Å². The molecule has 0 saturated carbocycles. The second-order valence-corrected chi connectivity index (χ2v) is 3.42. The first-order valence-corrected chi connectivity index (χ1v) is 5.23. The summed E-state index contributed by atoms with van der Waals surface area (Å²) in [4.78, 5) is 11.2. The zero-order valence-corrected chi connectivity index (χ0v) is 10.3. The van der Waals surface area contributed by atoms with E-state index in [1.165, 1.54) is 13.2 Å². The fourth-order valence-electron chi connectivity index (χ4n) is 1.30. The van der Waals surface area contributed by atoms with Crippen molar-refractivity contribution in [3.05, 3.63) is 41.5 Å². The van der Waals surface area contributed by atoms with Gasteiger partial charge < -0.3 is 4.74 Å². The van der Waals surface area contributed by atoms with E-state index in [-0.39, 0.29) is 5.71 Å². The molecule has 1 rings (SSSR count). The van der Waals surface area contributed by atoms with Gasteiger partial charge in [-0.25, -0.2) is 4.79 Å². The van der Waals surface area contributed by atoms with Crippen LogP contribution >= 0.6 is 0 Å². The minimum atomic E-state index is -0.753. The van der Waals surface area contributed by atoms with Crippen LogP contribution in [0.5, 0.6) is 0 Å². The molecule has 0 fully saturated rings. The highest BCUT2D eigenvalue weighted by Gasteiger charge is 2.09. The van der Waals surface area contributed by atoms with Gasteiger partial charge in [-0.05, 0) is 23.8 Å². The van der Waals surface area contributed by atoms with Crippen LogP contribution in [-0.2, 0) is 9.53 Å². The van der Waals surface area contributed by atoms with Gasteiger partial charge in [0.05, 0.1) is 24.4 Å². The second kappa shape index (κ2) is 6.71. The lowest BCUT2D eigenvalue weighted by Gasteiger charge is -2.07. The second-order valence-electron chi connectivity index (χ2n) is 3.42. The summed E-state index contributed by atoms with van der Waals surface area (Å²) >= 11 is 0. The molecule has 19 heavy (non-hydrogen) atoms. The Morgan fingerprint density at radius 1 is 1.53 bits per heavy atom. The molecular formula is C13H12N4O2.